The Morgan fingerprint density at radius 1 is 1.41 bits per heavy atom. The van der Waals surface area contributed by atoms with Gasteiger partial charge in [-0.1, -0.05) is 6.07 Å². The van der Waals surface area contributed by atoms with Crippen molar-refractivity contribution < 1.29 is 4.79 Å². The molecule has 0 spiro atoms. The average Bonchev–Trinajstić information content (AvgIpc) is 3.11. The fourth-order valence-corrected chi connectivity index (χ4v) is 3.58. The number of hydrogen-bond acceptors (Lipinski definition) is 6. The average molecular weight is 391 g/mol. The first-order valence-electron chi connectivity index (χ1n) is 9.81. The molecule has 150 valence electrons. The number of pyridine rings is 1. The van der Waals surface area contributed by atoms with Crippen LogP contribution in [-0.2, 0) is 4.79 Å². The van der Waals surface area contributed by atoms with E-state index >= 15 is 0 Å². The van der Waals surface area contributed by atoms with E-state index < -0.39 is 0 Å². The van der Waals surface area contributed by atoms with Gasteiger partial charge in [0.15, 0.2) is 0 Å². The number of fused-ring (bicyclic) bond motifs is 3. The van der Waals surface area contributed by atoms with E-state index in [9.17, 15) is 4.79 Å². The lowest BCUT2D eigenvalue weighted by Crippen LogP contribution is -2.40. The van der Waals surface area contributed by atoms with E-state index in [1.807, 2.05) is 31.3 Å². The summed E-state index contributed by atoms with van der Waals surface area (Å²) in [6, 6.07) is 5.78. The van der Waals surface area contributed by atoms with E-state index in [-0.39, 0.29) is 11.9 Å². The van der Waals surface area contributed by atoms with Crippen molar-refractivity contribution in [3.63, 3.8) is 0 Å². The van der Waals surface area contributed by atoms with Crippen molar-refractivity contribution in [2.45, 2.75) is 44.7 Å². The third kappa shape index (κ3) is 3.65. The molecular weight excluding hydrogens is 366 g/mol. The zero-order valence-electron chi connectivity index (χ0n) is 16.4. The highest BCUT2D eigenvalue weighted by molar-refractivity contribution is 6.12. The molecule has 1 unspecified atom stereocenters. The number of hydrogen-bond donors (Lipinski definition) is 4. The highest BCUT2D eigenvalue weighted by Gasteiger charge is 2.21. The fourth-order valence-electron chi connectivity index (χ4n) is 3.58. The number of carbonyl (C=O) groups is 1. The van der Waals surface area contributed by atoms with Gasteiger partial charge in [-0.3, -0.25) is 9.48 Å². The lowest BCUT2D eigenvalue weighted by atomic mass is 9.93. The molecule has 6 N–H and O–H groups in total. The van der Waals surface area contributed by atoms with Gasteiger partial charge in [-0.15, -0.1) is 0 Å². The van der Waals surface area contributed by atoms with E-state index in [2.05, 4.69) is 10.3 Å². The van der Waals surface area contributed by atoms with Crippen molar-refractivity contribution in [1.82, 2.24) is 20.1 Å². The molecule has 1 amide bonds. The monoisotopic (exact) mass is 391 g/mol. The molecular formula is C21H25N7O. The second-order valence-corrected chi connectivity index (χ2v) is 7.62. The minimum atomic E-state index is -0.0981. The van der Waals surface area contributed by atoms with Gasteiger partial charge < -0.3 is 22.2 Å². The van der Waals surface area contributed by atoms with Crippen molar-refractivity contribution in [2.75, 3.05) is 5.73 Å². The Balaban J connectivity index is 1.65. The van der Waals surface area contributed by atoms with Crippen LogP contribution in [0, 0.1) is 5.41 Å². The number of anilines is 1. The van der Waals surface area contributed by atoms with Crippen molar-refractivity contribution in [3.05, 3.63) is 42.2 Å². The van der Waals surface area contributed by atoms with E-state index in [1.54, 1.807) is 4.68 Å². The predicted octanol–water partition coefficient (Wildman–Crippen LogP) is 2.63. The molecule has 1 aromatic carbocycles. The maximum Gasteiger partial charge on any atom is 0.222 e. The minimum Gasteiger partial charge on any atom is -0.405 e. The molecule has 1 aliphatic carbocycles. The molecule has 0 aliphatic heterocycles. The first kappa shape index (κ1) is 18.9. The highest BCUT2D eigenvalue weighted by Crippen LogP contribution is 2.29. The molecule has 29 heavy (non-hydrogen) atoms. The van der Waals surface area contributed by atoms with E-state index in [0.29, 0.717) is 35.1 Å². The number of rotatable bonds is 6. The van der Waals surface area contributed by atoms with Crippen LogP contribution >= 0.6 is 0 Å². The number of nitrogen functional groups attached to an aromatic ring is 1. The Morgan fingerprint density at radius 2 is 2.21 bits per heavy atom. The normalized spacial score (nSPS) is 15.6. The number of nitrogens with zero attached hydrogens (tertiary/aromatic N) is 3. The predicted molar refractivity (Wildman–Crippen MR) is 115 cm³/mol. The zero-order valence-corrected chi connectivity index (χ0v) is 16.4. The molecule has 3 aromatic rings. The van der Waals surface area contributed by atoms with Gasteiger partial charge in [0.05, 0.1) is 22.7 Å². The molecule has 0 bridgehead atoms. The molecule has 0 radical (unpaired) electrons. The van der Waals surface area contributed by atoms with E-state index in [1.165, 1.54) is 18.7 Å². The number of aromatic nitrogens is 3. The van der Waals surface area contributed by atoms with Gasteiger partial charge in [-0.2, -0.15) is 5.10 Å². The number of nitrogens with two attached hydrogens (primary N) is 2. The standard InChI is InChI=1S/C21H25N7O/c1-12(9-19(29)25-14-3-2-4-14)28-11-16-20(27-28)15-6-5-13(17(23)7-8-22)10-18(15)26-21(16)24/h5-8,10-12,14,23H,2-4,9,22H2,1H3,(H2,24,26)(H,25,29)/b8-7-,23-17?. The zero-order chi connectivity index (χ0) is 20.5. The molecule has 4 rings (SSSR count). The van der Waals surface area contributed by atoms with E-state index in [0.717, 1.165) is 29.1 Å². The summed E-state index contributed by atoms with van der Waals surface area (Å²) in [6.45, 7) is 1.97. The SMILES string of the molecule is CC(CC(=O)NC1CCC1)n1cc2c(N)nc3cc(C(=N)/C=C\N)ccc3c2n1. The molecule has 1 fully saturated rings. The van der Waals surface area contributed by atoms with Crippen LogP contribution < -0.4 is 16.8 Å². The Morgan fingerprint density at radius 3 is 2.90 bits per heavy atom. The first-order valence-corrected chi connectivity index (χ1v) is 9.81. The summed E-state index contributed by atoms with van der Waals surface area (Å²) in [5, 5.41) is 17.4. The summed E-state index contributed by atoms with van der Waals surface area (Å²) in [5.41, 5.74) is 14.0. The summed E-state index contributed by atoms with van der Waals surface area (Å²) in [7, 11) is 0. The molecule has 8 heteroatoms. The van der Waals surface area contributed by atoms with Gasteiger partial charge >= 0.3 is 0 Å². The van der Waals surface area contributed by atoms with Gasteiger partial charge in [0, 0.05) is 29.6 Å². The molecule has 1 atom stereocenters. The Hall–Kier alpha value is -3.42. The van der Waals surface area contributed by atoms with E-state index in [4.69, 9.17) is 22.0 Å². The summed E-state index contributed by atoms with van der Waals surface area (Å²) >= 11 is 0. The van der Waals surface area contributed by atoms with Gasteiger partial charge in [-0.25, -0.2) is 4.98 Å². The number of carbonyl (C=O) groups excluding carboxylic acids is 1. The summed E-state index contributed by atoms with van der Waals surface area (Å²) in [5.74, 6) is 0.428. The van der Waals surface area contributed by atoms with Crippen LogP contribution in [0.2, 0.25) is 0 Å². The topological polar surface area (TPSA) is 136 Å². The first-order chi connectivity index (χ1) is 14.0. The summed E-state index contributed by atoms with van der Waals surface area (Å²) in [6.07, 6.45) is 8.40. The van der Waals surface area contributed by atoms with Crippen LogP contribution in [0.25, 0.3) is 21.8 Å². The lowest BCUT2D eigenvalue weighted by Gasteiger charge is -2.27. The van der Waals surface area contributed by atoms with Crippen LogP contribution in [0.5, 0.6) is 0 Å². The van der Waals surface area contributed by atoms with Gasteiger partial charge in [0.2, 0.25) is 5.91 Å². The van der Waals surface area contributed by atoms with Crippen molar-refractivity contribution in [3.8, 4) is 0 Å². The molecule has 1 aliphatic rings. The number of amides is 1. The van der Waals surface area contributed by atoms with Crippen LogP contribution in [0.4, 0.5) is 5.82 Å². The van der Waals surface area contributed by atoms with Crippen LogP contribution in [-0.4, -0.2) is 32.4 Å². The van der Waals surface area contributed by atoms with Crippen molar-refractivity contribution >= 4 is 39.2 Å². The molecule has 2 heterocycles. The van der Waals surface area contributed by atoms with Crippen molar-refractivity contribution in [1.29, 1.82) is 5.41 Å². The molecule has 8 nitrogen and oxygen atoms in total. The smallest absolute Gasteiger partial charge is 0.222 e. The number of allylic oxidation sites excluding steroid dienone is 1. The highest BCUT2D eigenvalue weighted by atomic mass is 16.1. The van der Waals surface area contributed by atoms with Gasteiger partial charge in [0.1, 0.15) is 11.3 Å². The van der Waals surface area contributed by atoms with Gasteiger partial charge in [0.25, 0.3) is 0 Å². The largest absolute Gasteiger partial charge is 0.405 e. The Bertz CT molecular complexity index is 1130. The Kier molecular flexibility index (Phi) is 4.92. The molecule has 1 saturated carbocycles. The molecule has 0 saturated heterocycles. The third-order valence-corrected chi connectivity index (χ3v) is 5.48. The fraction of sp³-hybridized carbons (Fsp3) is 0.333. The summed E-state index contributed by atoms with van der Waals surface area (Å²) in [4.78, 5) is 16.7. The molecule has 2 aromatic heterocycles. The van der Waals surface area contributed by atoms with Crippen LogP contribution in [0.15, 0.2) is 36.7 Å². The second-order valence-electron chi connectivity index (χ2n) is 7.62. The maximum absolute atomic E-state index is 12.3. The quantitative estimate of drug-likeness (QED) is 0.479. The minimum absolute atomic E-state index is 0.0498. The second kappa shape index (κ2) is 7.54. The van der Waals surface area contributed by atoms with Crippen molar-refractivity contribution in [2.24, 2.45) is 5.73 Å². The van der Waals surface area contributed by atoms with Crippen LogP contribution in [0.3, 0.4) is 0 Å². The number of nitrogens with one attached hydrogen (secondary N) is 2. The van der Waals surface area contributed by atoms with Crippen LogP contribution in [0.1, 0.15) is 44.2 Å². The Labute approximate surface area is 168 Å². The lowest BCUT2D eigenvalue weighted by molar-refractivity contribution is -0.123. The maximum atomic E-state index is 12.3. The third-order valence-electron chi connectivity index (χ3n) is 5.48. The van der Waals surface area contributed by atoms with Gasteiger partial charge in [-0.05, 0) is 50.6 Å². The number of benzene rings is 1. The summed E-state index contributed by atoms with van der Waals surface area (Å²) < 4.78 is 1.79.